The molecule has 4 nitrogen and oxygen atoms in total. The lowest BCUT2D eigenvalue weighted by atomic mass is 9.44. The van der Waals surface area contributed by atoms with Gasteiger partial charge in [0.05, 0.1) is 0 Å². The number of fused-ring (bicyclic) bond motifs is 3. The van der Waals surface area contributed by atoms with Gasteiger partial charge in [-0.25, -0.2) is 9.78 Å². The molecular weight excluding hydrogens is 424 g/mol. The van der Waals surface area contributed by atoms with Gasteiger partial charge in [-0.15, -0.1) is 0 Å². The fourth-order valence-corrected chi connectivity index (χ4v) is 8.90. The standard InChI is InChI=1S/C30H46O4/c1-19(2)20(3)8-9-21(4)24-10-11-25-27(24,6)14-13-26-28(7)15-12-23(32-22(5)31)18-29(28)16-17-30(25,26)34-33-29/h8-9,13,19-21,23-25H,10-12,14-18H2,1-7H3/b9-8+/t20-,21+,23?,24?,25?,27?,28?,29+,30-/m0/s1. The molecule has 2 saturated heterocycles. The predicted octanol–water partition coefficient (Wildman–Crippen LogP) is 7.19. The minimum Gasteiger partial charge on any atom is -0.462 e. The first-order valence-electron chi connectivity index (χ1n) is 13.9. The highest BCUT2D eigenvalue weighted by molar-refractivity contribution is 5.66. The third-order valence-electron chi connectivity index (χ3n) is 11.3. The molecule has 190 valence electrons. The Hall–Kier alpha value is -1.13. The van der Waals surface area contributed by atoms with E-state index in [2.05, 4.69) is 59.8 Å². The van der Waals surface area contributed by atoms with Gasteiger partial charge in [-0.3, -0.25) is 4.79 Å². The number of carbonyl (C=O) groups is 1. The number of hydrogen-bond donors (Lipinski definition) is 0. The van der Waals surface area contributed by atoms with E-state index in [0.717, 1.165) is 38.5 Å². The highest BCUT2D eigenvalue weighted by Gasteiger charge is 2.73. The summed E-state index contributed by atoms with van der Waals surface area (Å²) in [5, 5.41) is 0. The van der Waals surface area contributed by atoms with Gasteiger partial charge in [0.15, 0.2) is 0 Å². The van der Waals surface area contributed by atoms with Crippen LogP contribution in [0.5, 0.6) is 0 Å². The molecule has 0 aromatic heterocycles. The molecule has 0 radical (unpaired) electrons. The van der Waals surface area contributed by atoms with Gasteiger partial charge in [-0.05, 0) is 79.6 Å². The Bertz CT molecular complexity index is 878. The monoisotopic (exact) mass is 470 g/mol. The lowest BCUT2D eigenvalue weighted by molar-refractivity contribution is -0.494. The van der Waals surface area contributed by atoms with Gasteiger partial charge >= 0.3 is 5.97 Å². The highest BCUT2D eigenvalue weighted by atomic mass is 17.2. The molecule has 2 spiro atoms. The Morgan fingerprint density at radius 2 is 1.82 bits per heavy atom. The summed E-state index contributed by atoms with van der Waals surface area (Å²) in [6.45, 7) is 15.8. The summed E-state index contributed by atoms with van der Waals surface area (Å²) in [6.07, 6.45) is 15.8. The average molecular weight is 471 g/mol. The number of esters is 1. The molecule has 0 amide bonds. The van der Waals surface area contributed by atoms with Crippen molar-refractivity contribution in [3.05, 3.63) is 23.8 Å². The van der Waals surface area contributed by atoms with Crippen molar-refractivity contribution in [2.24, 2.45) is 40.4 Å². The van der Waals surface area contributed by atoms with E-state index in [4.69, 9.17) is 14.5 Å². The minimum absolute atomic E-state index is 0.0300. The second-order valence-electron chi connectivity index (χ2n) is 13.3. The maximum atomic E-state index is 11.6. The van der Waals surface area contributed by atoms with Crippen molar-refractivity contribution < 1.29 is 19.3 Å². The van der Waals surface area contributed by atoms with E-state index in [9.17, 15) is 4.79 Å². The maximum Gasteiger partial charge on any atom is 0.302 e. The van der Waals surface area contributed by atoms with E-state index in [-0.39, 0.29) is 34.1 Å². The molecule has 4 heteroatoms. The third-order valence-corrected chi connectivity index (χ3v) is 11.3. The topological polar surface area (TPSA) is 44.8 Å². The fraction of sp³-hybridized carbons (Fsp3) is 0.833. The molecule has 5 unspecified atom stereocenters. The summed E-state index contributed by atoms with van der Waals surface area (Å²) >= 11 is 0. The first-order chi connectivity index (χ1) is 16.0. The Kier molecular flexibility index (Phi) is 5.92. The van der Waals surface area contributed by atoms with Crippen molar-refractivity contribution in [3.63, 3.8) is 0 Å². The van der Waals surface area contributed by atoms with Crippen molar-refractivity contribution in [1.29, 1.82) is 0 Å². The Balaban J connectivity index is 1.43. The summed E-state index contributed by atoms with van der Waals surface area (Å²) in [4.78, 5) is 24.6. The third kappa shape index (κ3) is 3.34. The summed E-state index contributed by atoms with van der Waals surface area (Å²) in [5.41, 5.74) is 1.08. The molecule has 4 aliphatic carbocycles. The van der Waals surface area contributed by atoms with Crippen LogP contribution in [-0.2, 0) is 19.3 Å². The summed E-state index contributed by atoms with van der Waals surface area (Å²) in [7, 11) is 0. The lowest BCUT2D eigenvalue weighted by Crippen LogP contribution is -2.71. The van der Waals surface area contributed by atoms with Crippen LogP contribution in [0.2, 0.25) is 0 Å². The Morgan fingerprint density at radius 1 is 1.06 bits per heavy atom. The van der Waals surface area contributed by atoms with Gasteiger partial charge in [0.1, 0.15) is 17.3 Å². The van der Waals surface area contributed by atoms with Gasteiger partial charge < -0.3 is 4.74 Å². The van der Waals surface area contributed by atoms with E-state index in [1.54, 1.807) is 0 Å². The number of hydrogen-bond acceptors (Lipinski definition) is 4. The SMILES string of the molecule is CC(=O)OC1CCC2(C)C3=CCC4(C)C([C@H](C)/C=C/[C@H](C)C(C)C)CCC4[C@@]34CC[C@]2(C1)OO4. The van der Waals surface area contributed by atoms with E-state index >= 15 is 0 Å². The van der Waals surface area contributed by atoms with Crippen LogP contribution in [0.4, 0.5) is 0 Å². The molecule has 6 rings (SSSR count). The van der Waals surface area contributed by atoms with Crippen molar-refractivity contribution >= 4 is 5.97 Å². The normalized spacial score (nSPS) is 47.1. The first-order valence-corrected chi connectivity index (χ1v) is 13.9. The smallest absolute Gasteiger partial charge is 0.302 e. The van der Waals surface area contributed by atoms with Crippen molar-refractivity contribution in [2.45, 2.75) is 117 Å². The Labute approximate surface area is 206 Å². The van der Waals surface area contributed by atoms with Crippen molar-refractivity contribution in [3.8, 4) is 0 Å². The molecule has 0 aromatic carbocycles. The van der Waals surface area contributed by atoms with Gasteiger partial charge in [-0.1, -0.05) is 59.8 Å². The first kappa shape index (κ1) is 24.6. The molecular formula is C30H46O4. The largest absolute Gasteiger partial charge is 0.462 e. The van der Waals surface area contributed by atoms with Gasteiger partial charge in [-0.2, -0.15) is 0 Å². The van der Waals surface area contributed by atoms with Gasteiger partial charge in [0.2, 0.25) is 0 Å². The molecule has 2 heterocycles. The molecule has 2 aliphatic heterocycles. The second-order valence-corrected chi connectivity index (χ2v) is 13.3. The number of carbonyl (C=O) groups excluding carboxylic acids is 1. The van der Waals surface area contributed by atoms with Gasteiger partial charge in [0.25, 0.3) is 0 Å². The zero-order valence-corrected chi connectivity index (χ0v) is 22.5. The van der Waals surface area contributed by atoms with Crippen LogP contribution in [-0.4, -0.2) is 23.3 Å². The highest BCUT2D eigenvalue weighted by Crippen LogP contribution is 2.73. The number of allylic oxidation sites excluding steroid dienone is 3. The molecule has 2 bridgehead atoms. The van der Waals surface area contributed by atoms with E-state index in [1.807, 2.05) is 0 Å². The van der Waals surface area contributed by atoms with Crippen molar-refractivity contribution in [2.75, 3.05) is 0 Å². The zero-order chi connectivity index (χ0) is 24.5. The van der Waals surface area contributed by atoms with Gasteiger partial charge in [0, 0.05) is 24.7 Å². The summed E-state index contributed by atoms with van der Waals surface area (Å²) in [6, 6.07) is 0. The molecule has 0 aromatic rings. The molecule has 0 N–H and O–H groups in total. The van der Waals surface area contributed by atoms with Crippen LogP contribution in [0.3, 0.4) is 0 Å². The van der Waals surface area contributed by atoms with Crippen LogP contribution in [0, 0.1) is 40.4 Å². The zero-order valence-electron chi connectivity index (χ0n) is 22.5. The lowest BCUT2D eigenvalue weighted by Gasteiger charge is -2.69. The molecule has 6 aliphatic rings. The number of rotatable bonds is 5. The summed E-state index contributed by atoms with van der Waals surface area (Å²) in [5.74, 6) is 2.86. The molecule has 9 atom stereocenters. The average Bonchev–Trinajstić information content (AvgIpc) is 3.14. The Morgan fingerprint density at radius 3 is 2.47 bits per heavy atom. The van der Waals surface area contributed by atoms with E-state index in [0.29, 0.717) is 29.6 Å². The van der Waals surface area contributed by atoms with Crippen LogP contribution in [0.15, 0.2) is 23.8 Å². The predicted molar refractivity (Wildman–Crippen MR) is 134 cm³/mol. The maximum absolute atomic E-state index is 11.6. The van der Waals surface area contributed by atoms with Crippen LogP contribution < -0.4 is 0 Å². The van der Waals surface area contributed by atoms with Crippen LogP contribution >= 0.6 is 0 Å². The molecule has 34 heavy (non-hydrogen) atoms. The molecule has 3 saturated carbocycles. The van der Waals surface area contributed by atoms with E-state index in [1.165, 1.54) is 25.3 Å². The molecule has 5 fully saturated rings. The fourth-order valence-electron chi connectivity index (χ4n) is 8.90. The van der Waals surface area contributed by atoms with Crippen LogP contribution in [0.25, 0.3) is 0 Å². The minimum atomic E-state index is -0.367. The quantitative estimate of drug-likeness (QED) is 0.242. The van der Waals surface area contributed by atoms with Crippen LogP contribution in [0.1, 0.15) is 99.8 Å². The van der Waals surface area contributed by atoms with E-state index < -0.39 is 0 Å². The second kappa shape index (κ2) is 8.20. The van der Waals surface area contributed by atoms with Crippen molar-refractivity contribution in [1.82, 2.24) is 0 Å². The number of ether oxygens (including phenoxy) is 1. The summed E-state index contributed by atoms with van der Waals surface area (Å²) < 4.78 is 5.64.